The SMILES string of the molecule is N[C@H]1CCS(=O)(=O)c2cc(C(=O)Nc3ccnc4[nH]ccc34)ccc21. The van der Waals surface area contributed by atoms with Crippen molar-refractivity contribution in [2.45, 2.75) is 17.4 Å². The van der Waals surface area contributed by atoms with Gasteiger partial charge in [0.05, 0.1) is 16.3 Å². The van der Waals surface area contributed by atoms with Gasteiger partial charge in [0, 0.05) is 29.4 Å². The van der Waals surface area contributed by atoms with Crippen molar-refractivity contribution in [3.05, 3.63) is 53.9 Å². The molecule has 0 spiro atoms. The van der Waals surface area contributed by atoms with Crippen molar-refractivity contribution in [2.75, 3.05) is 11.1 Å². The molecular weight excluding hydrogens is 340 g/mol. The smallest absolute Gasteiger partial charge is 0.255 e. The van der Waals surface area contributed by atoms with Crippen LogP contribution in [0.3, 0.4) is 0 Å². The molecule has 1 aromatic carbocycles. The van der Waals surface area contributed by atoms with E-state index in [1.807, 2.05) is 6.07 Å². The number of carbonyl (C=O) groups is 1. The van der Waals surface area contributed by atoms with Crippen molar-refractivity contribution in [1.82, 2.24) is 9.97 Å². The van der Waals surface area contributed by atoms with E-state index in [1.165, 1.54) is 6.07 Å². The summed E-state index contributed by atoms with van der Waals surface area (Å²) in [5.41, 5.74) is 8.11. The number of nitrogens with zero attached hydrogens (tertiary/aromatic N) is 1. The predicted octanol–water partition coefficient (Wildman–Crippen LogP) is 1.99. The zero-order chi connectivity index (χ0) is 17.6. The van der Waals surface area contributed by atoms with Gasteiger partial charge in [-0.05, 0) is 36.2 Å². The van der Waals surface area contributed by atoms with Gasteiger partial charge in [0.15, 0.2) is 9.84 Å². The summed E-state index contributed by atoms with van der Waals surface area (Å²) in [5.74, 6) is -0.383. The number of aromatic amines is 1. The summed E-state index contributed by atoms with van der Waals surface area (Å²) in [6.45, 7) is 0. The molecule has 0 bridgehead atoms. The van der Waals surface area contributed by atoms with Crippen LogP contribution in [-0.2, 0) is 9.84 Å². The van der Waals surface area contributed by atoms with Crippen LogP contribution in [0.25, 0.3) is 11.0 Å². The topological polar surface area (TPSA) is 118 Å². The maximum Gasteiger partial charge on any atom is 0.255 e. The molecule has 0 saturated carbocycles. The van der Waals surface area contributed by atoms with E-state index in [0.29, 0.717) is 23.3 Å². The number of hydrogen-bond acceptors (Lipinski definition) is 5. The van der Waals surface area contributed by atoms with E-state index in [4.69, 9.17) is 5.73 Å². The van der Waals surface area contributed by atoms with Crippen LogP contribution in [0.4, 0.5) is 5.69 Å². The van der Waals surface area contributed by atoms with Crippen LogP contribution in [0.15, 0.2) is 47.6 Å². The second-order valence-electron chi connectivity index (χ2n) is 6.02. The number of benzene rings is 1. The highest BCUT2D eigenvalue weighted by Gasteiger charge is 2.29. The summed E-state index contributed by atoms with van der Waals surface area (Å²) < 4.78 is 24.6. The van der Waals surface area contributed by atoms with Crippen molar-refractivity contribution < 1.29 is 13.2 Å². The summed E-state index contributed by atoms with van der Waals surface area (Å²) in [4.78, 5) is 19.9. The molecular formula is C17H16N4O3S. The first-order valence-corrected chi connectivity index (χ1v) is 9.47. The molecule has 1 amide bonds. The Bertz CT molecular complexity index is 1090. The van der Waals surface area contributed by atoms with Crippen molar-refractivity contribution in [3.8, 4) is 0 Å². The second-order valence-corrected chi connectivity index (χ2v) is 8.10. The Balaban J connectivity index is 1.71. The van der Waals surface area contributed by atoms with Gasteiger partial charge >= 0.3 is 0 Å². The lowest BCUT2D eigenvalue weighted by molar-refractivity contribution is 0.102. The van der Waals surface area contributed by atoms with Crippen LogP contribution in [0.1, 0.15) is 28.4 Å². The van der Waals surface area contributed by atoms with Crippen LogP contribution >= 0.6 is 0 Å². The number of sulfone groups is 1. The van der Waals surface area contributed by atoms with Crippen LogP contribution < -0.4 is 11.1 Å². The van der Waals surface area contributed by atoms with E-state index in [2.05, 4.69) is 15.3 Å². The molecule has 3 heterocycles. The van der Waals surface area contributed by atoms with E-state index < -0.39 is 9.84 Å². The van der Waals surface area contributed by atoms with Gasteiger partial charge < -0.3 is 16.0 Å². The second kappa shape index (κ2) is 5.68. The van der Waals surface area contributed by atoms with E-state index in [1.54, 1.807) is 30.6 Å². The summed E-state index contributed by atoms with van der Waals surface area (Å²) in [6, 6.07) is 7.83. The van der Waals surface area contributed by atoms with Gasteiger partial charge in [-0.2, -0.15) is 0 Å². The van der Waals surface area contributed by atoms with Gasteiger partial charge in [0.25, 0.3) is 5.91 Å². The number of fused-ring (bicyclic) bond motifs is 2. The molecule has 3 aromatic rings. The van der Waals surface area contributed by atoms with Gasteiger partial charge in [-0.1, -0.05) is 6.07 Å². The summed E-state index contributed by atoms with van der Waals surface area (Å²) in [7, 11) is -3.40. The molecule has 1 atom stereocenters. The summed E-state index contributed by atoms with van der Waals surface area (Å²) in [5, 5.41) is 3.59. The molecule has 0 radical (unpaired) electrons. The highest BCUT2D eigenvalue weighted by molar-refractivity contribution is 7.91. The summed E-state index contributed by atoms with van der Waals surface area (Å²) in [6.07, 6.45) is 3.72. The largest absolute Gasteiger partial charge is 0.346 e. The minimum atomic E-state index is -3.40. The van der Waals surface area contributed by atoms with Gasteiger partial charge in [0.1, 0.15) is 5.65 Å². The standard InChI is InChI=1S/C17H16N4O3S/c18-13-5-8-25(23,24)15-9-10(1-2-11(13)15)17(22)21-14-4-7-20-16-12(14)3-6-19-16/h1-4,6-7,9,13H,5,8,18H2,(H2,19,20,21,22)/t13-/m0/s1. The third-order valence-electron chi connectivity index (χ3n) is 4.42. The number of aromatic nitrogens is 2. The van der Waals surface area contributed by atoms with Crippen molar-refractivity contribution >= 4 is 32.5 Å². The van der Waals surface area contributed by atoms with Crippen molar-refractivity contribution in [1.29, 1.82) is 0 Å². The van der Waals surface area contributed by atoms with Crippen molar-refractivity contribution in [3.63, 3.8) is 0 Å². The fourth-order valence-electron chi connectivity index (χ4n) is 3.06. The number of amides is 1. The molecule has 8 heteroatoms. The highest BCUT2D eigenvalue weighted by atomic mass is 32.2. The average molecular weight is 356 g/mol. The zero-order valence-electron chi connectivity index (χ0n) is 13.2. The summed E-state index contributed by atoms with van der Waals surface area (Å²) >= 11 is 0. The van der Waals surface area contributed by atoms with Gasteiger partial charge in [-0.3, -0.25) is 4.79 Å². The lowest BCUT2D eigenvalue weighted by Gasteiger charge is -2.22. The minimum absolute atomic E-state index is 0.000562. The maximum atomic E-state index is 12.6. The van der Waals surface area contributed by atoms with E-state index in [9.17, 15) is 13.2 Å². The van der Waals surface area contributed by atoms with Crippen LogP contribution in [0.5, 0.6) is 0 Å². The van der Waals surface area contributed by atoms with E-state index >= 15 is 0 Å². The number of nitrogens with two attached hydrogens (primary N) is 1. The predicted molar refractivity (Wildman–Crippen MR) is 94.1 cm³/mol. The molecule has 0 fully saturated rings. The Morgan fingerprint density at radius 1 is 1.28 bits per heavy atom. The van der Waals surface area contributed by atoms with Crippen molar-refractivity contribution in [2.24, 2.45) is 5.73 Å². The van der Waals surface area contributed by atoms with Gasteiger partial charge in [0.2, 0.25) is 0 Å². The number of rotatable bonds is 2. The minimum Gasteiger partial charge on any atom is -0.346 e. The number of anilines is 1. The molecule has 2 aromatic heterocycles. The molecule has 128 valence electrons. The molecule has 4 rings (SSSR count). The molecule has 0 aliphatic carbocycles. The first kappa shape index (κ1) is 15.8. The van der Waals surface area contributed by atoms with E-state index in [-0.39, 0.29) is 28.2 Å². The molecule has 1 aliphatic heterocycles. The third-order valence-corrected chi connectivity index (χ3v) is 6.21. The number of carbonyl (C=O) groups excluding carboxylic acids is 1. The number of hydrogen-bond donors (Lipinski definition) is 3. The fraction of sp³-hybridized carbons (Fsp3) is 0.176. The molecule has 1 aliphatic rings. The average Bonchev–Trinajstić information content (AvgIpc) is 3.08. The Hall–Kier alpha value is -2.71. The Morgan fingerprint density at radius 2 is 2.12 bits per heavy atom. The van der Waals surface area contributed by atoms with Gasteiger partial charge in [-0.15, -0.1) is 0 Å². The first-order valence-electron chi connectivity index (χ1n) is 7.81. The first-order chi connectivity index (χ1) is 12.0. The highest BCUT2D eigenvalue weighted by Crippen LogP contribution is 2.31. The Labute approximate surface area is 144 Å². The number of H-pyrrole nitrogens is 1. The molecule has 7 nitrogen and oxygen atoms in total. The van der Waals surface area contributed by atoms with Crippen LogP contribution in [-0.4, -0.2) is 30.0 Å². The maximum absolute atomic E-state index is 12.6. The molecule has 0 unspecified atom stereocenters. The lowest BCUT2D eigenvalue weighted by Crippen LogP contribution is -2.25. The quantitative estimate of drug-likeness (QED) is 0.649. The van der Waals surface area contributed by atoms with Gasteiger partial charge in [-0.25, -0.2) is 13.4 Å². The Kier molecular flexibility index (Phi) is 3.59. The normalized spacial score (nSPS) is 18.7. The fourth-order valence-corrected chi connectivity index (χ4v) is 4.73. The molecule has 4 N–H and O–H groups in total. The van der Waals surface area contributed by atoms with Crippen LogP contribution in [0.2, 0.25) is 0 Å². The third kappa shape index (κ3) is 2.69. The molecule has 25 heavy (non-hydrogen) atoms. The number of pyridine rings is 1. The van der Waals surface area contributed by atoms with E-state index in [0.717, 1.165) is 5.39 Å². The number of nitrogens with one attached hydrogen (secondary N) is 2. The van der Waals surface area contributed by atoms with Crippen LogP contribution in [0, 0.1) is 0 Å². The molecule has 0 saturated heterocycles. The monoisotopic (exact) mass is 356 g/mol. The lowest BCUT2D eigenvalue weighted by atomic mass is 10.0. The Morgan fingerprint density at radius 3 is 2.96 bits per heavy atom. The zero-order valence-corrected chi connectivity index (χ0v) is 14.0.